The van der Waals surface area contributed by atoms with E-state index in [9.17, 15) is 13.2 Å². The Labute approximate surface area is 149 Å². The Bertz CT molecular complexity index is 876. The monoisotopic (exact) mass is 385 g/mol. The van der Waals surface area contributed by atoms with Gasteiger partial charge in [-0.15, -0.1) is 10.2 Å². The van der Waals surface area contributed by atoms with Gasteiger partial charge in [0.1, 0.15) is 5.01 Å². The van der Waals surface area contributed by atoms with Crippen LogP contribution < -0.4 is 5.32 Å². The molecule has 1 aliphatic rings. The average Bonchev–Trinajstić information content (AvgIpc) is 2.93. The number of benzene rings is 1. The molecule has 1 heterocycles. The van der Waals surface area contributed by atoms with E-state index in [1.165, 1.54) is 42.9 Å². The van der Waals surface area contributed by atoms with E-state index in [1.54, 1.807) is 0 Å². The Morgan fingerprint density at radius 3 is 2.75 bits per heavy atom. The summed E-state index contributed by atoms with van der Waals surface area (Å²) >= 11 is 7.26. The molecule has 24 heavy (non-hydrogen) atoms. The van der Waals surface area contributed by atoms with Crippen molar-refractivity contribution in [3.8, 4) is 0 Å². The fraction of sp³-hybridized carbons (Fsp3) is 0.400. The second-order valence-corrected chi connectivity index (χ2v) is 9.26. The Morgan fingerprint density at radius 1 is 1.38 bits per heavy atom. The smallest absolute Gasteiger partial charge is 0.258 e. The molecule has 1 fully saturated rings. The molecule has 0 radical (unpaired) electrons. The summed E-state index contributed by atoms with van der Waals surface area (Å²) in [6.07, 6.45) is 3.37. The van der Waals surface area contributed by atoms with Crippen molar-refractivity contribution >= 4 is 43.8 Å². The van der Waals surface area contributed by atoms with Gasteiger partial charge in [-0.1, -0.05) is 36.3 Å². The molecule has 1 N–H and O–H groups in total. The molecule has 0 atom stereocenters. The molecule has 1 amide bonds. The van der Waals surface area contributed by atoms with Gasteiger partial charge in [-0.25, -0.2) is 8.42 Å². The van der Waals surface area contributed by atoms with E-state index in [0.717, 1.165) is 17.8 Å². The molecule has 0 aliphatic heterocycles. The zero-order chi connectivity index (χ0) is 17.3. The Kier molecular flexibility index (Phi) is 4.89. The van der Waals surface area contributed by atoms with Gasteiger partial charge in [0.15, 0.2) is 9.84 Å². The van der Waals surface area contributed by atoms with E-state index in [2.05, 4.69) is 15.5 Å². The maximum absolute atomic E-state index is 12.5. The molecule has 0 bridgehead atoms. The lowest BCUT2D eigenvalue weighted by Gasteiger charge is -2.21. The van der Waals surface area contributed by atoms with Crippen molar-refractivity contribution in [2.75, 3.05) is 11.1 Å². The number of carbonyl (C=O) groups is 1. The van der Waals surface area contributed by atoms with Crippen molar-refractivity contribution in [2.24, 2.45) is 0 Å². The lowest BCUT2D eigenvalue weighted by molar-refractivity contribution is 0.102. The third kappa shape index (κ3) is 3.45. The number of amides is 1. The highest BCUT2D eigenvalue weighted by molar-refractivity contribution is 7.91. The number of halogens is 1. The first-order chi connectivity index (χ1) is 11.4. The quantitative estimate of drug-likeness (QED) is 0.850. The maximum atomic E-state index is 12.5. The highest BCUT2D eigenvalue weighted by atomic mass is 35.5. The number of nitrogens with zero attached hydrogens (tertiary/aromatic N) is 2. The predicted octanol–water partition coefficient (Wildman–Crippen LogP) is 3.50. The second-order valence-electron chi connectivity index (χ2n) is 5.57. The van der Waals surface area contributed by atoms with Gasteiger partial charge in [-0.05, 0) is 31.0 Å². The number of anilines is 1. The number of sulfone groups is 1. The normalized spacial score (nSPS) is 15.1. The number of carbonyl (C=O) groups excluding carboxylic acids is 1. The van der Waals surface area contributed by atoms with Crippen LogP contribution in [0.15, 0.2) is 23.1 Å². The van der Waals surface area contributed by atoms with Crippen molar-refractivity contribution in [1.82, 2.24) is 10.2 Å². The predicted molar refractivity (Wildman–Crippen MR) is 93.6 cm³/mol. The zero-order valence-corrected chi connectivity index (χ0v) is 15.3. The van der Waals surface area contributed by atoms with Crippen LogP contribution in [0.3, 0.4) is 0 Å². The molecule has 2 aromatic rings. The second kappa shape index (κ2) is 6.78. The van der Waals surface area contributed by atoms with Crippen LogP contribution in [0.25, 0.3) is 0 Å². The van der Waals surface area contributed by atoms with Crippen molar-refractivity contribution in [3.05, 3.63) is 33.8 Å². The summed E-state index contributed by atoms with van der Waals surface area (Å²) in [5, 5.41) is 12.3. The number of rotatable bonds is 5. The Hall–Kier alpha value is -1.51. The van der Waals surface area contributed by atoms with E-state index in [4.69, 9.17) is 11.6 Å². The minimum absolute atomic E-state index is 0.0183. The number of aromatic nitrogens is 2. The summed E-state index contributed by atoms with van der Waals surface area (Å²) in [5.74, 6) is -0.226. The van der Waals surface area contributed by atoms with Crippen LogP contribution in [-0.2, 0) is 9.84 Å². The van der Waals surface area contributed by atoms with E-state index in [0.29, 0.717) is 16.1 Å². The topological polar surface area (TPSA) is 89.0 Å². The van der Waals surface area contributed by atoms with Crippen LogP contribution >= 0.6 is 22.9 Å². The van der Waals surface area contributed by atoms with Crippen LogP contribution in [-0.4, -0.2) is 30.3 Å². The number of nitrogens with one attached hydrogen (secondary N) is 1. The Balaban J connectivity index is 1.87. The first-order valence-corrected chi connectivity index (χ1v) is 10.4. The van der Waals surface area contributed by atoms with Gasteiger partial charge in [-0.2, -0.15) is 0 Å². The van der Waals surface area contributed by atoms with Gasteiger partial charge in [0.25, 0.3) is 5.91 Å². The molecule has 1 saturated carbocycles. The van der Waals surface area contributed by atoms with Gasteiger partial charge in [0, 0.05) is 10.9 Å². The lowest BCUT2D eigenvalue weighted by Crippen LogP contribution is -2.17. The summed E-state index contributed by atoms with van der Waals surface area (Å²) in [7, 11) is -3.54. The SMILES string of the molecule is CCS(=O)(=O)c1ccc(Cl)cc1C(=O)Nc1nnc(C2CCC2)s1. The van der Waals surface area contributed by atoms with Crippen molar-refractivity contribution < 1.29 is 13.2 Å². The molecule has 9 heteroatoms. The first kappa shape index (κ1) is 17.3. The van der Waals surface area contributed by atoms with Gasteiger partial charge >= 0.3 is 0 Å². The molecule has 1 aromatic carbocycles. The minimum atomic E-state index is -3.54. The third-order valence-electron chi connectivity index (χ3n) is 4.02. The molecule has 1 aliphatic carbocycles. The average molecular weight is 386 g/mol. The molecule has 0 saturated heterocycles. The summed E-state index contributed by atoms with van der Waals surface area (Å²) < 4.78 is 24.4. The van der Waals surface area contributed by atoms with E-state index < -0.39 is 15.7 Å². The highest BCUT2D eigenvalue weighted by Crippen LogP contribution is 2.38. The van der Waals surface area contributed by atoms with Crippen molar-refractivity contribution in [1.29, 1.82) is 0 Å². The fourth-order valence-electron chi connectivity index (χ4n) is 2.38. The number of hydrogen-bond acceptors (Lipinski definition) is 6. The maximum Gasteiger partial charge on any atom is 0.258 e. The molecule has 1 aromatic heterocycles. The molecular weight excluding hydrogens is 370 g/mol. The summed E-state index contributed by atoms with van der Waals surface area (Å²) in [5.41, 5.74) is 0.0183. The van der Waals surface area contributed by atoms with E-state index in [1.807, 2.05) is 0 Å². The van der Waals surface area contributed by atoms with E-state index in [-0.39, 0.29) is 16.2 Å². The highest BCUT2D eigenvalue weighted by Gasteiger charge is 2.25. The van der Waals surface area contributed by atoms with Crippen LogP contribution in [0.1, 0.15) is 47.5 Å². The van der Waals surface area contributed by atoms with Crippen LogP contribution in [0, 0.1) is 0 Å². The zero-order valence-electron chi connectivity index (χ0n) is 13.0. The van der Waals surface area contributed by atoms with E-state index >= 15 is 0 Å². The summed E-state index contributed by atoms with van der Waals surface area (Å²) in [4.78, 5) is 12.5. The standard InChI is InChI=1S/C15H16ClN3O3S2/c1-2-24(21,22)12-7-6-10(16)8-11(12)13(20)17-15-19-18-14(23-15)9-4-3-5-9/h6-9H,2-5H2,1H3,(H,17,19,20). The minimum Gasteiger partial charge on any atom is -0.296 e. The molecular formula is C15H16ClN3O3S2. The van der Waals surface area contributed by atoms with Crippen LogP contribution in [0.2, 0.25) is 5.02 Å². The largest absolute Gasteiger partial charge is 0.296 e. The van der Waals surface area contributed by atoms with Crippen molar-refractivity contribution in [2.45, 2.75) is 37.0 Å². The number of hydrogen-bond donors (Lipinski definition) is 1. The molecule has 6 nitrogen and oxygen atoms in total. The summed E-state index contributed by atoms with van der Waals surface area (Å²) in [6.45, 7) is 1.53. The molecule has 3 rings (SSSR count). The molecule has 0 spiro atoms. The third-order valence-corrected chi connectivity index (χ3v) is 7.04. The van der Waals surface area contributed by atoms with Crippen LogP contribution in [0.5, 0.6) is 0 Å². The molecule has 128 valence electrons. The molecule has 0 unspecified atom stereocenters. The van der Waals surface area contributed by atoms with Gasteiger partial charge in [-0.3, -0.25) is 10.1 Å². The lowest BCUT2D eigenvalue weighted by atomic mass is 9.86. The Morgan fingerprint density at radius 2 is 2.12 bits per heavy atom. The van der Waals surface area contributed by atoms with Gasteiger partial charge in [0.05, 0.1) is 16.2 Å². The van der Waals surface area contributed by atoms with Crippen molar-refractivity contribution in [3.63, 3.8) is 0 Å². The van der Waals surface area contributed by atoms with Gasteiger partial charge < -0.3 is 0 Å². The van der Waals surface area contributed by atoms with Gasteiger partial charge in [0.2, 0.25) is 5.13 Å². The summed E-state index contributed by atoms with van der Waals surface area (Å²) in [6, 6.07) is 4.17. The van der Waals surface area contributed by atoms with Crippen LogP contribution in [0.4, 0.5) is 5.13 Å². The first-order valence-electron chi connectivity index (χ1n) is 7.58. The fourth-order valence-corrected chi connectivity index (χ4v) is 4.53.